The second-order valence-corrected chi connectivity index (χ2v) is 8.12. The molecular weight excluding hydrogens is 298 g/mol. The summed E-state index contributed by atoms with van der Waals surface area (Å²) in [6, 6.07) is 0. The number of rotatable bonds is 2. The first-order chi connectivity index (χ1) is 9.50. The van der Waals surface area contributed by atoms with Crippen molar-refractivity contribution in [3.05, 3.63) is 11.5 Å². The van der Waals surface area contributed by atoms with Crippen molar-refractivity contribution in [1.82, 2.24) is 13.9 Å². The minimum atomic E-state index is -3.55. The molecule has 0 spiro atoms. The number of aromatic nitrogens is 2. The molecule has 2 unspecified atom stereocenters. The number of nitrogens with zero attached hydrogens (tertiary/aromatic N) is 3. The molecule has 1 aliphatic carbocycles. The van der Waals surface area contributed by atoms with Crippen LogP contribution in [0.3, 0.4) is 0 Å². The Morgan fingerprint density at radius 1 is 1.25 bits per heavy atom. The van der Waals surface area contributed by atoms with Gasteiger partial charge in [-0.1, -0.05) is 30.9 Å². The summed E-state index contributed by atoms with van der Waals surface area (Å²) in [5.74, 6) is 1.21. The maximum Gasteiger partial charge on any atom is 0.263 e. The van der Waals surface area contributed by atoms with E-state index in [0.717, 1.165) is 12.8 Å². The topological polar surface area (TPSA) is 55.2 Å². The van der Waals surface area contributed by atoms with E-state index in [0.29, 0.717) is 24.9 Å². The van der Waals surface area contributed by atoms with Crippen LogP contribution >= 0.6 is 11.6 Å². The maximum atomic E-state index is 12.7. The predicted molar refractivity (Wildman–Crippen MR) is 77.0 cm³/mol. The first-order valence-electron chi connectivity index (χ1n) is 7.17. The van der Waals surface area contributed by atoms with Gasteiger partial charge in [0.15, 0.2) is 0 Å². The quantitative estimate of drug-likeness (QED) is 0.841. The molecule has 7 heteroatoms. The fraction of sp³-hybridized carbons (Fsp3) is 0.769. The van der Waals surface area contributed by atoms with Crippen LogP contribution in [0.2, 0.25) is 5.15 Å². The van der Waals surface area contributed by atoms with Gasteiger partial charge in [-0.15, -0.1) is 0 Å². The van der Waals surface area contributed by atoms with Crippen molar-refractivity contribution in [1.29, 1.82) is 0 Å². The summed E-state index contributed by atoms with van der Waals surface area (Å²) in [5, 5.41) is 0.187. The van der Waals surface area contributed by atoms with E-state index in [4.69, 9.17) is 11.6 Å². The molecule has 1 aromatic heterocycles. The SMILES string of the molecule is Cn1cnc(S(=O)(=O)N2CCC3CCCCC3C2)c1Cl. The Morgan fingerprint density at radius 2 is 1.95 bits per heavy atom. The second kappa shape index (κ2) is 5.31. The maximum absolute atomic E-state index is 12.7. The summed E-state index contributed by atoms with van der Waals surface area (Å²) >= 11 is 6.04. The largest absolute Gasteiger partial charge is 0.324 e. The van der Waals surface area contributed by atoms with Gasteiger partial charge in [0.2, 0.25) is 5.03 Å². The molecule has 0 N–H and O–H groups in total. The number of hydrogen-bond acceptors (Lipinski definition) is 3. The molecule has 0 amide bonds. The van der Waals surface area contributed by atoms with E-state index in [1.807, 2.05) is 0 Å². The third-order valence-corrected chi connectivity index (χ3v) is 7.03. The molecule has 1 saturated heterocycles. The Morgan fingerprint density at radius 3 is 2.60 bits per heavy atom. The van der Waals surface area contributed by atoms with Crippen LogP contribution in [0, 0.1) is 11.8 Å². The van der Waals surface area contributed by atoms with Crippen molar-refractivity contribution >= 4 is 21.6 Å². The van der Waals surface area contributed by atoms with E-state index in [1.165, 1.54) is 30.2 Å². The molecule has 0 radical (unpaired) electrons. The Balaban J connectivity index is 1.83. The Bertz CT molecular complexity index is 599. The molecule has 1 aliphatic heterocycles. The highest BCUT2D eigenvalue weighted by atomic mass is 35.5. The van der Waals surface area contributed by atoms with Gasteiger partial charge in [0, 0.05) is 20.1 Å². The first-order valence-corrected chi connectivity index (χ1v) is 8.99. The Kier molecular flexibility index (Phi) is 3.81. The van der Waals surface area contributed by atoms with E-state index < -0.39 is 10.0 Å². The summed E-state index contributed by atoms with van der Waals surface area (Å²) < 4.78 is 28.4. The first kappa shape index (κ1) is 14.4. The lowest BCUT2D eigenvalue weighted by Crippen LogP contribution is -2.44. The van der Waals surface area contributed by atoms with Gasteiger partial charge in [-0.05, 0) is 24.7 Å². The summed E-state index contributed by atoms with van der Waals surface area (Å²) in [6.45, 7) is 1.22. The lowest BCUT2D eigenvalue weighted by Gasteiger charge is -2.40. The van der Waals surface area contributed by atoms with Crippen LogP contribution in [0.4, 0.5) is 0 Å². The van der Waals surface area contributed by atoms with Gasteiger partial charge in [-0.3, -0.25) is 0 Å². The molecule has 1 aromatic rings. The van der Waals surface area contributed by atoms with E-state index in [2.05, 4.69) is 4.98 Å². The summed E-state index contributed by atoms with van der Waals surface area (Å²) in [5.41, 5.74) is 0. The van der Waals surface area contributed by atoms with Gasteiger partial charge < -0.3 is 4.57 Å². The monoisotopic (exact) mass is 317 g/mol. The molecular formula is C13H20ClN3O2S. The third-order valence-electron chi connectivity index (χ3n) is 4.67. The van der Waals surface area contributed by atoms with Crippen LogP contribution in [0.25, 0.3) is 0 Å². The van der Waals surface area contributed by atoms with Crippen LogP contribution in [0.1, 0.15) is 32.1 Å². The van der Waals surface area contributed by atoms with Gasteiger partial charge in [0.05, 0.1) is 6.33 Å². The molecule has 1 saturated carbocycles. The van der Waals surface area contributed by atoms with Crippen LogP contribution in [-0.4, -0.2) is 35.4 Å². The van der Waals surface area contributed by atoms with E-state index in [1.54, 1.807) is 11.4 Å². The lowest BCUT2D eigenvalue weighted by atomic mass is 9.76. The molecule has 2 fully saturated rings. The molecule has 2 heterocycles. The average Bonchev–Trinajstić information content (AvgIpc) is 2.79. The van der Waals surface area contributed by atoms with Crippen molar-refractivity contribution in [2.45, 2.75) is 37.1 Å². The molecule has 20 heavy (non-hydrogen) atoms. The van der Waals surface area contributed by atoms with Gasteiger partial charge in [0.25, 0.3) is 10.0 Å². The number of imidazole rings is 1. The minimum Gasteiger partial charge on any atom is -0.324 e. The normalized spacial score (nSPS) is 28.3. The third kappa shape index (κ3) is 2.38. The molecule has 0 bridgehead atoms. The van der Waals surface area contributed by atoms with Crippen LogP contribution < -0.4 is 0 Å². The fourth-order valence-electron chi connectivity index (χ4n) is 3.47. The van der Waals surface area contributed by atoms with Gasteiger partial charge in [0.1, 0.15) is 5.15 Å². The van der Waals surface area contributed by atoms with Crippen LogP contribution in [0.5, 0.6) is 0 Å². The molecule has 112 valence electrons. The van der Waals surface area contributed by atoms with Gasteiger partial charge >= 0.3 is 0 Å². The zero-order valence-corrected chi connectivity index (χ0v) is 13.2. The number of fused-ring (bicyclic) bond motifs is 1. The number of sulfonamides is 1. The van der Waals surface area contributed by atoms with Crippen molar-refractivity contribution in [2.24, 2.45) is 18.9 Å². The van der Waals surface area contributed by atoms with E-state index in [-0.39, 0.29) is 10.2 Å². The average molecular weight is 318 g/mol. The second-order valence-electron chi connectivity index (χ2n) is 5.91. The predicted octanol–water partition coefficient (Wildman–Crippen LogP) is 2.27. The summed E-state index contributed by atoms with van der Waals surface area (Å²) in [6.07, 6.45) is 7.33. The number of hydrogen-bond donors (Lipinski definition) is 0. The van der Waals surface area contributed by atoms with Crippen molar-refractivity contribution < 1.29 is 8.42 Å². The van der Waals surface area contributed by atoms with E-state index >= 15 is 0 Å². The molecule has 2 atom stereocenters. The van der Waals surface area contributed by atoms with Crippen LogP contribution in [-0.2, 0) is 17.1 Å². The van der Waals surface area contributed by atoms with Crippen molar-refractivity contribution in [3.63, 3.8) is 0 Å². The van der Waals surface area contributed by atoms with Crippen molar-refractivity contribution in [2.75, 3.05) is 13.1 Å². The molecule has 5 nitrogen and oxygen atoms in total. The van der Waals surface area contributed by atoms with E-state index in [9.17, 15) is 8.42 Å². The zero-order chi connectivity index (χ0) is 14.3. The Labute approximate surface area is 125 Å². The lowest BCUT2D eigenvalue weighted by molar-refractivity contribution is 0.136. The number of halogens is 1. The summed E-state index contributed by atoms with van der Waals surface area (Å²) in [4.78, 5) is 3.97. The summed E-state index contributed by atoms with van der Waals surface area (Å²) in [7, 11) is -1.86. The number of aryl methyl sites for hydroxylation is 1. The van der Waals surface area contributed by atoms with Crippen LogP contribution in [0.15, 0.2) is 11.4 Å². The molecule has 2 aliphatic rings. The Hall–Kier alpha value is -0.590. The van der Waals surface area contributed by atoms with Gasteiger partial charge in [-0.25, -0.2) is 13.4 Å². The highest BCUT2D eigenvalue weighted by molar-refractivity contribution is 7.89. The molecule has 0 aromatic carbocycles. The molecule has 3 rings (SSSR count). The standard InChI is InChI=1S/C13H20ClN3O2S/c1-16-9-15-13(12(16)14)20(18,19)17-7-6-10-4-2-3-5-11(10)8-17/h9-11H,2-8H2,1H3. The fourth-order valence-corrected chi connectivity index (χ4v) is 5.38. The number of piperidine rings is 1. The highest BCUT2D eigenvalue weighted by Crippen LogP contribution is 2.38. The smallest absolute Gasteiger partial charge is 0.263 e. The zero-order valence-electron chi connectivity index (χ0n) is 11.6. The van der Waals surface area contributed by atoms with Gasteiger partial charge in [-0.2, -0.15) is 4.31 Å². The highest BCUT2D eigenvalue weighted by Gasteiger charge is 2.38. The minimum absolute atomic E-state index is 0.00377. The van der Waals surface area contributed by atoms with Crippen molar-refractivity contribution in [3.8, 4) is 0 Å².